The average molecular weight is 822 g/mol. The first kappa shape index (κ1) is 38.5. The highest BCUT2D eigenvalue weighted by molar-refractivity contribution is 6.00. The van der Waals surface area contributed by atoms with E-state index in [1.54, 1.807) is 0 Å². The maximum absolute atomic E-state index is 2.59. The summed E-state index contributed by atoms with van der Waals surface area (Å²) in [6, 6.07) is 79.7. The second-order valence-corrected chi connectivity index (χ2v) is 19.5. The molecule has 3 aliphatic carbocycles. The van der Waals surface area contributed by atoms with Crippen molar-refractivity contribution in [3.8, 4) is 55.6 Å². The van der Waals surface area contributed by atoms with Crippen LogP contribution in [0.4, 0.5) is 17.1 Å². The van der Waals surface area contributed by atoms with Crippen molar-refractivity contribution in [3.63, 3.8) is 0 Å². The van der Waals surface area contributed by atoms with Crippen LogP contribution < -0.4 is 4.90 Å². The number of hydrogen-bond donors (Lipinski definition) is 0. The Morgan fingerprint density at radius 3 is 1.39 bits per heavy atom. The van der Waals surface area contributed by atoms with Crippen LogP contribution in [0.15, 0.2) is 212 Å². The Morgan fingerprint density at radius 1 is 0.312 bits per heavy atom. The van der Waals surface area contributed by atoms with Crippen LogP contribution in [-0.4, -0.2) is 0 Å². The molecule has 0 atom stereocenters. The highest BCUT2D eigenvalue weighted by Crippen LogP contribution is 2.64. The number of hydrogen-bond acceptors (Lipinski definition) is 1. The standard InChI is InChI=1S/C63H51N/c1-61(2)37-38-62(3,4)60-51(28-18-32-57(60)61)53-40-52-50-27-13-16-31-56(50)63(54-29-14-11-25-48(54)49-26-12-15-30-55(49)63)58(52)41-59(53)64(46-23-9-6-10-24-46)47-35-33-43(34-36-47)45-22-17-21-44(39-45)42-19-7-5-8-20-42/h5-36,39-41H,37-38H2,1-4H3. The molecule has 0 aromatic heterocycles. The Hall–Kier alpha value is -7.22. The zero-order chi connectivity index (χ0) is 43.2. The first-order chi connectivity index (χ1) is 31.2. The molecule has 9 aromatic carbocycles. The van der Waals surface area contributed by atoms with E-state index in [1.165, 1.54) is 101 Å². The first-order valence-corrected chi connectivity index (χ1v) is 23.0. The molecule has 3 aliphatic rings. The molecule has 0 radical (unpaired) electrons. The summed E-state index contributed by atoms with van der Waals surface area (Å²) >= 11 is 0. The van der Waals surface area contributed by atoms with E-state index in [4.69, 9.17) is 0 Å². The van der Waals surface area contributed by atoms with Crippen LogP contribution in [0.1, 0.15) is 73.9 Å². The highest BCUT2D eigenvalue weighted by Gasteiger charge is 2.52. The van der Waals surface area contributed by atoms with Crippen molar-refractivity contribution in [2.45, 2.75) is 56.8 Å². The Balaban J connectivity index is 1.15. The Morgan fingerprint density at radius 2 is 0.766 bits per heavy atom. The monoisotopic (exact) mass is 821 g/mol. The lowest BCUT2D eigenvalue weighted by atomic mass is 9.61. The van der Waals surface area contributed by atoms with Crippen LogP contribution in [0.25, 0.3) is 55.6 Å². The van der Waals surface area contributed by atoms with E-state index in [9.17, 15) is 0 Å². The maximum atomic E-state index is 2.59. The molecule has 0 saturated heterocycles. The van der Waals surface area contributed by atoms with Crippen LogP contribution >= 0.6 is 0 Å². The summed E-state index contributed by atoms with van der Waals surface area (Å²) in [4.78, 5) is 2.53. The lowest BCUT2D eigenvalue weighted by Gasteiger charge is -2.43. The summed E-state index contributed by atoms with van der Waals surface area (Å²) < 4.78 is 0. The smallest absolute Gasteiger partial charge is 0.0726 e. The molecule has 0 N–H and O–H groups in total. The molecular weight excluding hydrogens is 771 g/mol. The predicted octanol–water partition coefficient (Wildman–Crippen LogP) is 16.8. The van der Waals surface area contributed by atoms with E-state index < -0.39 is 5.41 Å². The Bertz CT molecular complexity index is 3220. The molecule has 0 saturated carbocycles. The molecule has 12 rings (SSSR count). The van der Waals surface area contributed by atoms with Crippen molar-refractivity contribution < 1.29 is 0 Å². The van der Waals surface area contributed by atoms with Gasteiger partial charge in [0.05, 0.1) is 11.1 Å². The summed E-state index contributed by atoms with van der Waals surface area (Å²) in [7, 11) is 0. The van der Waals surface area contributed by atoms with Gasteiger partial charge in [0.1, 0.15) is 0 Å². The second kappa shape index (κ2) is 14.4. The van der Waals surface area contributed by atoms with Gasteiger partial charge in [-0.15, -0.1) is 0 Å². The molecule has 1 nitrogen and oxygen atoms in total. The molecule has 0 unspecified atom stereocenters. The van der Waals surface area contributed by atoms with Crippen LogP contribution in [0.2, 0.25) is 0 Å². The minimum absolute atomic E-state index is 0.00624. The molecule has 0 bridgehead atoms. The minimum Gasteiger partial charge on any atom is -0.310 e. The van der Waals surface area contributed by atoms with Crippen LogP contribution in [0.3, 0.4) is 0 Å². The van der Waals surface area contributed by atoms with E-state index in [-0.39, 0.29) is 10.8 Å². The average Bonchev–Trinajstić information content (AvgIpc) is 3.80. The zero-order valence-electron chi connectivity index (χ0n) is 37.1. The Kier molecular flexibility index (Phi) is 8.66. The third-order valence-corrected chi connectivity index (χ3v) is 14.9. The quantitative estimate of drug-likeness (QED) is 0.161. The van der Waals surface area contributed by atoms with Gasteiger partial charge in [-0.3, -0.25) is 0 Å². The highest BCUT2D eigenvalue weighted by atomic mass is 15.1. The number of rotatable bonds is 6. The van der Waals surface area contributed by atoms with Crippen molar-refractivity contribution >= 4 is 17.1 Å². The van der Waals surface area contributed by atoms with Crippen molar-refractivity contribution in [2.75, 3.05) is 4.90 Å². The van der Waals surface area contributed by atoms with E-state index in [0.29, 0.717) is 0 Å². The molecule has 9 aromatic rings. The largest absolute Gasteiger partial charge is 0.310 e. The lowest BCUT2D eigenvalue weighted by molar-refractivity contribution is 0.333. The maximum Gasteiger partial charge on any atom is 0.0726 e. The first-order valence-electron chi connectivity index (χ1n) is 23.0. The van der Waals surface area contributed by atoms with E-state index in [1.807, 2.05) is 0 Å². The minimum atomic E-state index is -0.472. The zero-order valence-corrected chi connectivity index (χ0v) is 37.1. The SMILES string of the molecule is CC1(C)CCC(C)(C)c2c(-c3cc4c(cc3N(c3ccccc3)c3ccc(-c5cccc(-c6ccccc6)c5)cc3)C3(c5ccccc5-c5ccccc53)c3ccccc3-4)cccc21. The summed E-state index contributed by atoms with van der Waals surface area (Å²) in [6.07, 6.45) is 2.30. The predicted molar refractivity (Wildman–Crippen MR) is 269 cm³/mol. The van der Waals surface area contributed by atoms with Gasteiger partial charge in [-0.2, -0.15) is 0 Å². The van der Waals surface area contributed by atoms with Crippen molar-refractivity contribution in [1.29, 1.82) is 0 Å². The van der Waals surface area contributed by atoms with E-state index >= 15 is 0 Å². The van der Waals surface area contributed by atoms with Crippen LogP contribution in [0.5, 0.6) is 0 Å². The third kappa shape index (κ3) is 5.70. The number of anilines is 3. The number of para-hydroxylation sites is 1. The van der Waals surface area contributed by atoms with E-state index in [2.05, 4.69) is 245 Å². The normalized spacial score (nSPS) is 15.4. The van der Waals surface area contributed by atoms with Crippen LogP contribution in [0, 0.1) is 0 Å². The fourth-order valence-electron chi connectivity index (χ4n) is 11.8. The van der Waals surface area contributed by atoms with E-state index in [0.717, 1.165) is 17.8 Å². The summed E-state index contributed by atoms with van der Waals surface area (Å²) in [5.41, 5.74) is 24.1. The number of benzene rings is 9. The number of nitrogens with zero attached hydrogens (tertiary/aromatic N) is 1. The topological polar surface area (TPSA) is 3.24 Å². The molecule has 64 heavy (non-hydrogen) atoms. The van der Waals surface area contributed by atoms with Gasteiger partial charge >= 0.3 is 0 Å². The molecule has 0 heterocycles. The van der Waals surface area contributed by atoms with Crippen molar-refractivity contribution in [3.05, 3.63) is 246 Å². The van der Waals surface area contributed by atoms with Gasteiger partial charge < -0.3 is 4.90 Å². The Labute approximate surface area is 378 Å². The lowest BCUT2D eigenvalue weighted by Crippen LogP contribution is -2.34. The fraction of sp³-hybridized carbons (Fsp3) is 0.143. The molecule has 0 aliphatic heterocycles. The van der Waals surface area contributed by atoms with Crippen LogP contribution in [-0.2, 0) is 16.2 Å². The molecule has 308 valence electrons. The molecule has 1 spiro atoms. The van der Waals surface area contributed by atoms with Gasteiger partial charge in [0.15, 0.2) is 0 Å². The fourth-order valence-corrected chi connectivity index (χ4v) is 11.8. The van der Waals surface area contributed by atoms with Gasteiger partial charge in [-0.05, 0) is 150 Å². The van der Waals surface area contributed by atoms with Gasteiger partial charge in [0.25, 0.3) is 0 Å². The summed E-state index contributed by atoms with van der Waals surface area (Å²) in [5.74, 6) is 0. The molecule has 1 heteroatoms. The summed E-state index contributed by atoms with van der Waals surface area (Å²) in [5, 5.41) is 0. The molecule has 0 fully saturated rings. The van der Waals surface area contributed by atoms with Gasteiger partial charge in [-0.1, -0.05) is 198 Å². The second-order valence-electron chi connectivity index (χ2n) is 19.5. The van der Waals surface area contributed by atoms with Crippen molar-refractivity contribution in [2.24, 2.45) is 0 Å². The van der Waals surface area contributed by atoms with Gasteiger partial charge in [-0.25, -0.2) is 0 Å². The van der Waals surface area contributed by atoms with Crippen molar-refractivity contribution in [1.82, 2.24) is 0 Å². The van der Waals surface area contributed by atoms with Gasteiger partial charge in [0, 0.05) is 16.9 Å². The summed E-state index contributed by atoms with van der Waals surface area (Å²) in [6.45, 7) is 9.82. The molecule has 0 amide bonds. The van der Waals surface area contributed by atoms with Gasteiger partial charge in [0.2, 0.25) is 0 Å². The third-order valence-electron chi connectivity index (χ3n) is 14.9. The number of fused-ring (bicyclic) bond motifs is 11. The molecular formula is C63H51N.